The lowest BCUT2D eigenvalue weighted by Gasteiger charge is -2.32. The molecule has 1 unspecified atom stereocenters. The number of ether oxygens (including phenoxy) is 4. The summed E-state index contributed by atoms with van der Waals surface area (Å²) in [5, 5.41) is 15.5. The van der Waals surface area contributed by atoms with Gasteiger partial charge < -0.3 is 30.0 Å². The first-order valence-corrected chi connectivity index (χ1v) is 36.6. The van der Waals surface area contributed by atoms with Crippen LogP contribution in [0.1, 0.15) is 77.5 Å². The zero-order valence-electron chi connectivity index (χ0n) is 63.7. The average molecular weight is 1660 g/mol. The second kappa shape index (κ2) is 44.5. The third-order valence-corrected chi connectivity index (χ3v) is 17.6. The fourth-order valence-electron chi connectivity index (χ4n) is 10.8. The third-order valence-electron chi connectivity index (χ3n) is 16.4. The summed E-state index contributed by atoms with van der Waals surface area (Å²) in [6.07, 6.45) is 3.86. The number of unbranched alkanes of at least 4 members (excludes halogenated alkanes) is 1. The van der Waals surface area contributed by atoms with Gasteiger partial charge in [-0.2, -0.15) is 5.06 Å². The van der Waals surface area contributed by atoms with E-state index in [1.54, 1.807) is 76.2 Å². The summed E-state index contributed by atoms with van der Waals surface area (Å²) in [5.74, 6) is -4.25. The summed E-state index contributed by atoms with van der Waals surface area (Å²) in [6.45, 7) is 8.53. The molecule has 37 heteroatoms. The van der Waals surface area contributed by atoms with E-state index in [9.17, 15) is 64.7 Å². The molecular formula is C78H86Cl3F6N15O13. The van der Waals surface area contributed by atoms with Gasteiger partial charge in [-0.05, 0) is 178 Å². The van der Waals surface area contributed by atoms with Crippen molar-refractivity contribution in [2.24, 2.45) is 5.73 Å². The Bertz CT molecular complexity index is 4870. The molecule has 0 bridgehead atoms. The van der Waals surface area contributed by atoms with Crippen molar-refractivity contribution in [1.29, 1.82) is 0 Å². The van der Waals surface area contributed by atoms with Gasteiger partial charge in [-0.3, -0.25) is 59.4 Å². The average Bonchev–Trinajstić information content (AvgIpc) is 0.834. The minimum atomic E-state index is -0.891. The lowest BCUT2D eigenvalue weighted by molar-refractivity contribution is -0.144. The molecule has 6 aromatic carbocycles. The van der Waals surface area contributed by atoms with Crippen molar-refractivity contribution in [3.63, 3.8) is 0 Å². The summed E-state index contributed by atoms with van der Waals surface area (Å²) < 4.78 is 103. The van der Waals surface area contributed by atoms with Crippen LogP contribution in [0.15, 0.2) is 146 Å². The molecule has 0 saturated carbocycles. The van der Waals surface area contributed by atoms with Crippen molar-refractivity contribution < 1.29 is 88.5 Å². The Morgan fingerprint density at radius 1 is 0.513 bits per heavy atom. The zero-order valence-corrected chi connectivity index (χ0v) is 66.0. The van der Waals surface area contributed by atoms with Crippen molar-refractivity contribution in [3.8, 4) is 0 Å². The zero-order chi connectivity index (χ0) is 84.1. The van der Waals surface area contributed by atoms with Crippen LogP contribution in [0.4, 0.5) is 58.2 Å². The number of hydrogen-bond donors (Lipinski definition) is 7. The maximum atomic E-state index is 13.9. The molecule has 3 atom stereocenters. The van der Waals surface area contributed by atoms with Crippen LogP contribution in [0.3, 0.4) is 0 Å². The number of hydrazine groups is 3. The minimum absolute atomic E-state index is 0.0236. The number of likely N-dealkylation sites (N-methyl/N-ethyl adjacent to an activating group) is 1. The van der Waals surface area contributed by atoms with E-state index in [1.165, 1.54) is 145 Å². The molecule has 9 rings (SSSR count). The number of benzene rings is 6. The molecule has 3 heterocycles. The highest BCUT2D eigenvalue weighted by Gasteiger charge is 2.29. The lowest BCUT2D eigenvalue weighted by Crippen LogP contribution is -2.55. The van der Waals surface area contributed by atoms with Gasteiger partial charge in [0, 0.05) is 88.2 Å². The van der Waals surface area contributed by atoms with Crippen molar-refractivity contribution in [1.82, 2.24) is 56.5 Å². The summed E-state index contributed by atoms with van der Waals surface area (Å²) in [7, 11) is 3.52. The van der Waals surface area contributed by atoms with E-state index in [4.69, 9.17) is 64.3 Å². The number of hydrogen-bond acceptors (Lipinski definition) is 21. The smallest absolute Gasteiger partial charge is 0.412 e. The minimum Gasteiger partial charge on any atom is -0.465 e. The molecule has 0 saturated heterocycles. The Morgan fingerprint density at radius 3 is 1.35 bits per heavy atom. The number of nitrogens with zero attached hydrogens (tertiary/aromatic N) is 8. The normalized spacial score (nSPS) is 11.9. The van der Waals surface area contributed by atoms with Crippen molar-refractivity contribution >= 4 is 133 Å². The van der Waals surface area contributed by atoms with Crippen LogP contribution in [-0.4, -0.2) is 167 Å². The number of alkyl carbamates (subject to hydrolysis) is 1. The van der Waals surface area contributed by atoms with Crippen molar-refractivity contribution in [2.75, 3.05) is 75.9 Å². The van der Waals surface area contributed by atoms with Crippen molar-refractivity contribution in [3.05, 3.63) is 213 Å². The summed E-state index contributed by atoms with van der Waals surface area (Å²) in [6, 6.07) is 27.8. The maximum Gasteiger partial charge on any atom is 0.412 e. The molecule has 0 radical (unpaired) electrons. The van der Waals surface area contributed by atoms with E-state index in [2.05, 4.69) is 47.2 Å². The molecule has 614 valence electrons. The predicted molar refractivity (Wildman–Crippen MR) is 420 cm³/mol. The van der Waals surface area contributed by atoms with Gasteiger partial charge in [0.1, 0.15) is 65.4 Å². The molecule has 9 aromatic rings. The largest absolute Gasteiger partial charge is 0.465 e. The standard InChI is InChI=1S/C29H34ClF2N5O5.C27H30ClF2N5O5.C22H22ClF2N5O3/c1-19(38)37(34-16-21-7-6-9-25(32)28(21)30)24(8-4-5-12-41-27(39)17-36(2)3)18-42-29(40)35-26-14-22-13-23(31)11-10-20(22)15-33-26;1-17(37)35(33-13-19-6-5-7-23(30)25(19)28)22(14-32-26(38)40-27(2,3)4)15-39-34(16-36)24-11-20-10-21(29)9-8-18(20)12-31-24;1-13(31)30(28-11-15-3-2-4-19(25)21(15)23)18(9-26)12-33-22(32)29-20-8-16-7-17(24)6-5-14(16)10-27-20/h6-7,9-11,13-15,24,34H,4-5,8,12,16-18H2,1-3H3,(H,33,35,40);5-12,16,22,33H,13-15H2,1-4H3,(H,32,38);2-8,10,18,28H,9,11-12,26H2,1H3,(H,27,29,32)/t;22-;18-/m.00/s1. The van der Waals surface area contributed by atoms with E-state index < -0.39 is 82.8 Å². The van der Waals surface area contributed by atoms with Crippen LogP contribution in [0, 0.1) is 34.9 Å². The van der Waals surface area contributed by atoms with E-state index in [-0.39, 0.29) is 116 Å². The molecular weight excluding hydrogens is 1580 g/mol. The molecule has 8 N–H and O–H groups in total. The lowest BCUT2D eigenvalue weighted by atomic mass is 10.1. The number of nitrogens with two attached hydrogens (primary N) is 1. The van der Waals surface area contributed by atoms with E-state index in [0.717, 1.165) is 5.06 Å². The number of anilines is 3. The van der Waals surface area contributed by atoms with Crippen LogP contribution in [0.5, 0.6) is 0 Å². The summed E-state index contributed by atoms with van der Waals surface area (Å²) >= 11 is 18.1. The van der Waals surface area contributed by atoms with Crippen LogP contribution >= 0.6 is 34.8 Å². The first kappa shape index (κ1) is 91.1. The molecule has 3 aromatic heterocycles. The second-order valence-electron chi connectivity index (χ2n) is 26.7. The first-order chi connectivity index (χ1) is 54.7. The molecule has 0 aliphatic carbocycles. The molecule has 0 aliphatic heterocycles. The molecule has 28 nitrogen and oxygen atoms in total. The Morgan fingerprint density at radius 2 is 0.930 bits per heavy atom. The maximum absolute atomic E-state index is 13.9. The van der Waals surface area contributed by atoms with Crippen molar-refractivity contribution in [2.45, 2.75) is 104 Å². The third kappa shape index (κ3) is 29.4. The number of halogens is 9. The number of nitrogens with one attached hydrogen (secondary N) is 6. The number of carbonyl (C=O) groups is 8. The molecule has 115 heavy (non-hydrogen) atoms. The van der Waals surface area contributed by atoms with Gasteiger partial charge in [-0.25, -0.2) is 72.0 Å². The number of aromatic nitrogens is 3. The van der Waals surface area contributed by atoms with Crippen LogP contribution < -0.4 is 43.0 Å². The number of hydroxylamine groups is 1. The Labute approximate surface area is 673 Å². The van der Waals surface area contributed by atoms with E-state index >= 15 is 0 Å². The quantitative estimate of drug-likeness (QED) is 0.00502. The highest BCUT2D eigenvalue weighted by Crippen LogP contribution is 2.26. The second-order valence-corrected chi connectivity index (χ2v) is 27.8. The van der Waals surface area contributed by atoms with Gasteiger partial charge in [0.05, 0.1) is 53.0 Å². The highest BCUT2D eigenvalue weighted by atomic mass is 35.5. The van der Waals surface area contributed by atoms with Crippen LogP contribution in [-0.2, 0) is 67.4 Å². The van der Waals surface area contributed by atoms with E-state index in [0.29, 0.717) is 74.7 Å². The Hall–Kier alpha value is -11.1. The van der Waals surface area contributed by atoms with Crippen LogP contribution in [0.25, 0.3) is 32.3 Å². The number of amides is 7. The van der Waals surface area contributed by atoms with Gasteiger partial charge in [0.2, 0.25) is 24.1 Å². The molecule has 0 fully saturated rings. The van der Waals surface area contributed by atoms with Gasteiger partial charge in [-0.15, -0.1) is 0 Å². The van der Waals surface area contributed by atoms with Gasteiger partial charge in [0.15, 0.2) is 5.82 Å². The molecule has 0 aliphatic rings. The fraction of sp³-hybridized carbons (Fsp3) is 0.321. The summed E-state index contributed by atoms with van der Waals surface area (Å²) in [4.78, 5) is 118. The summed E-state index contributed by atoms with van der Waals surface area (Å²) in [5.41, 5.74) is 15.0. The SMILES string of the molecule is CC(=O)N(NCc1cccc(F)c1Cl)C(CCCCOC(=O)CN(C)C)COC(=O)Nc1cc2cc(F)ccc2cn1.CC(=O)N(NCc1cccc(F)c1Cl)[C@@H](CN)COC(=O)Nc1cc2cc(F)ccc2cn1.CC(=O)N(NCc1cccc(F)c1Cl)[C@@H](CNC(=O)OC(C)(C)C)CON(C=O)c1cc2cc(F)ccc2cn1. The number of carbonyl (C=O) groups excluding carboxylic acids is 8. The van der Waals surface area contributed by atoms with Crippen LogP contribution in [0.2, 0.25) is 15.1 Å². The number of rotatable bonds is 33. The first-order valence-electron chi connectivity index (χ1n) is 35.5. The van der Waals surface area contributed by atoms with Gasteiger partial charge >= 0.3 is 24.2 Å². The van der Waals surface area contributed by atoms with Gasteiger partial charge in [-0.1, -0.05) is 71.2 Å². The fourth-order valence-corrected chi connectivity index (χ4v) is 11.4. The predicted octanol–water partition coefficient (Wildman–Crippen LogP) is 13.0. The molecule has 0 spiro atoms. The highest BCUT2D eigenvalue weighted by molar-refractivity contribution is 6.32. The number of pyridine rings is 3. The van der Waals surface area contributed by atoms with E-state index in [1.807, 2.05) is 0 Å². The van der Waals surface area contributed by atoms with Gasteiger partial charge in [0.25, 0.3) is 0 Å². The molecule has 7 amide bonds. The Balaban J connectivity index is 0.000000240. The number of fused-ring (bicyclic) bond motifs is 3. The topological polar surface area (TPSA) is 336 Å². The number of esters is 1. The Kier molecular flexibility index (Phi) is 35.3. The monoisotopic (exact) mass is 1660 g/mol.